The first-order valence-corrected chi connectivity index (χ1v) is 10.3. The number of hydrogen-bond donors (Lipinski definition) is 1. The van der Waals surface area contributed by atoms with Gasteiger partial charge in [-0.25, -0.2) is 8.42 Å². The molecular weight excluding hydrogens is 354 g/mol. The van der Waals surface area contributed by atoms with Crippen LogP contribution >= 0.6 is 0 Å². The molecule has 1 N–H and O–H groups in total. The number of nitrogens with zero attached hydrogens (tertiary/aromatic N) is 4. The van der Waals surface area contributed by atoms with Crippen molar-refractivity contribution in [3.63, 3.8) is 0 Å². The van der Waals surface area contributed by atoms with E-state index < -0.39 is 10.0 Å². The van der Waals surface area contributed by atoms with E-state index in [0.717, 1.165) is 12.2 Å². The van der Waals surface area contributed by atoms with E-state index in [0.29, 0.717) is 24.7 Å². The minimum atomic E-state index is -3.63. The summed E-state index contributed by atoms with van der Waals surface area (Å²) in [4.78, 5) is 12.2. The summed E-state index contributed by atoms with van der Waals surface area (Å²) in [6.45, 7) is 3.40. The molecule has 1 atom stereocenters. The second kappa shape index (κ2) is 6.24. The number of aromatic nitrogens is 3. The first-order chi connectivity index (χ1) is 12.4. The van der Waals surface area contributed by atoms with Gasteiger partial charge in [0.25, 0.3) is 5.91 Å². The molecule has 0 saturated heterocycles. The number of carbonyl (C=O) groups is 1. The largest absolute Gasteiger partial charge is 0.354 e. The predicted octanol–water partition coefficient (Wildman–Crippen LogP) is 1.22. The van der Waals surface area contributed by atoms with Crippen LogP contribution in [0.4, 0.5) is 0 Å². The van der Waals surface area contributed by atoms with Gasteiger partial charge in [0.2, 0.25) is 10.0 Å². The van der Waals surface area contributed by atoms with Crippen molar-refractivity contribution < 1.29 is 13.2 Å². The molecule has 1 saturated carbocycles. The highest BCUT2D eigenvalue weighted by Gasteiger charge is 2.36. The molecule has 26 heavy (non-hydrogen) atoms. The molecule has 2 aromatic rings. The van der Waals surface area contributed by atoms with Crippen LogP contribution in [0.1, 0.15) is 42.0 Å². The average Bonchev–Trinajstić information content (AvgIpc) is 3.11. The van der Waals surface area contributed by atoms with Crippen molar-refractivity contribution in [2.45, 2.75) is 43.8 Å². The Morgan fingerprint density at radius 1 is 1.31 bits per heavy atom. The maximum atomic E-state index is 13.1. The van der Waals surface area contributed by atoms with Gasteiger partial charge in [0.05, 0.1) is 12.2 Å². The zero-order chi connectivity index (χ0) is 18.5. The molecule has 0 unspecified atom stereocenters. The molecule has 140 valence electrons. The topological polar surface area (TPSA) is 89.2 Å². The summed E-state index contributed by atoms with van der Waals surface area (Å²) >= 11 is 0. The smallest absolute Gasteiger partial charge is 0.267 e. The van der Waals surface area contributed by atoms with Gasteiger partial charge in [0.15, 0.2) is 0 Å². The number of amides is 1. The van der Waals surface area contributed by atoms with E-state index in [1.54, 1.807) is 24.0 Å². The Morgan fingerprint density at radius 2 is 2.08 bits per heavy atom. The molecule has 8 nitrogen and oxygen atoms in total. The van der Waals surface area contributed by atoms with Crippen molar-refractivity contribution in [1.82, 2.24) is 24.0 Å². The maximum Gasteiger partial charge on any atom is 0.267 e. The van der Waals surface area contributed by atoms with Gasteiger partial charge >= 0.3 is 0 Å². The average molecular weight is 377 g/mol. The van der Waals surface area contributed by atoms with Crippen LogP contribution in [0, 0.1) is 5.92 Å². The highest BCUT2D eigenvalue weighted by molar-refractivity contribution is 7.89. The first kappa shape index (κ1) is 17.3. The van der Waals surface area contributed by atoms with Crippen LogP contribution in [0.3, 0.4) is 0 Å². The van der Waals surface area contributed by atoms with Gasteiger partial charge in [-0.05, 0) is 37.8 Å². The minimum absolute atomic E-state index is 0.166. The second-order valence-corrected chi connectivity index (χ2v) is 8.90. The van der Waals surface area contributed by atoms with Gasteiger partial charge in [-0.1, -0.05) is 0 Å². The van der Waals surface area contributed by atoms with Crippen molar-refractivity contribution in [2.75, 3.05) is 13.6 Å². The van der Waals surface area contributed by atoms with Crippen molar-refractivity contribution in [2.24, 2.45) is 5.92 Å². The Hall–Kier alpha value is -2.13. The molecule has 9 heteroatoms. The lowest BCUT2D eigenvalue weighted by molar-refractivity contribution is 0.0951. The summed E-state index contributed by atoms with van der Waals surface area (Å²) in [7, 11) is -2.04. The molecule has 0 bridgehead atoms. The molecule has 1 amide bonds. The van der Waals surface area contributed by atoms with E-state index in [4.69, 9.17) is 0 Å². The number of rotatable bonds is 5. The van der Waals surface area contributed by atoms with Gasteiger partial charge in [-0.3, -0.25) is 9.48 Å². The third-order valence-corrected chi connectivity index (χ3v) is 7.16. The summed E-state index contributed by atoms with van der Waals surface area (Å²) in [5.74, 6) is 0.465. The van der Waals surface area contributed by atoms with E-state index in [-0.39, 0.29) is 16.8 Å². The fourth-order valence-electron chi connectivity index (χ4n) is 3.57. The minimum Gasteiger partial charge on any atom is -0.354 e. The quantitative estimate of drug-likeness (QED) is 0.848. The molecule has 1 aliphatic heterocycles. The molecule has 0 aromatic carbocycles. The van der Waals surface area contributed by atoms with Gasteiger partial charge in [-0.2, -0.15) is 9.40 Å². The second-order valence-electron chi connectivity index (χ2n) is 7.01. The molecule has 1 aliphatic carbocycles. The number of fused-ring (bicyclic) bond motifs is 1. The van der Waals surface area contributed by atoms with Crippen molar-refractivity contribution >= 4 is 15.9 Å². The fraction of sp³-hybridized carbons (Fsp3) is 0.529. The lowest BCUT2D eigenvalue weighted by Gasteiger charge is -2.34. The molecule has 1 fully saturated rings. The number of carbonyl (C=O) groups excluding carboxylic acids is 1. The number of nitrogens with one attached hydrogen (secondary N) is 1. The Morgan fingerprint density at radius 3 is 2.77 bits per heavy atom. The number of sulfonamides is 1. The first-order valence-electron chi connectivity index (χ1n) is 8.87. The molecule has 4 rings (SSSR count). The molecular formula is C17H23N5O3S. The van der Waals surface area contributed by atoms with Gasteiger partial charge < -0.3 is 9.88 Å². The van der Waals surface area contributed by atoms with Crippen LogP contribution in [-0.2, 0) is 23.1 Å². The molecule has 2 aliphatic rings. The number of hydrogen-bond acceptors (Lipinski definition) is 4. The third kappa shape index (κ3) is 2.84. The Labute approximate surface area is 152 Å². The molecule has 0 spiro atoms. The standard InChI is InChI=1S/C17H23N5O3S/c1-12-15-5-6-16(17(23)18-2)21(15)7-8-22(12)26(24,25)14-9-19-20(11-14)10-13-3-4-13/h5-6,9,11-13H,3-4,7-8,10H2,1-2H3,(H,18,23)/t12-/m1/s1. The van der Waals surface area contributed by atoms with Crippen LogP contribution in [0.2, 0.25) is 0 Å². The SMILES string of the molecule is CNC(=O)c1ccc2n1CCN(S(=O)(=O)c1cnn(CC3CC3)c1)[C@@H]2C. The van der Waals surface area contributed by atoms with Crippen LogP contribution in [0.5, 0.6) is 0 Å². The zero-order valence-electron chi connectivity index (χ0n) is 14.9. The van der Waals surface area contributed by atoms with Crippen LogP contribution < -0.4 is 5.32 Å². The summed E-state index contributed by atoms with van der Waals surface area (Å²) in [6, 6.07) is 3.22. The van der Waals surface area contributed by atoms with Crippen LogP contribution in [0.15, 0.2) is 29.4 Å². The van der Waals surface area contributed by atoms with E-state index in [2.05, 4.69) is 10.4 Å². The van der Waals surface area contributed by atoms with E-state index in [1.165, 1.54) is 23.3 Å². The lowest BCUT2D eigenvalue weighted by atomic mass is 10.2. The van der Waals surface area contributed by atoms with E-state index >= 15 is 0 Å². The van der Waals surface area contributed by atoms with E-state index in [1.807, 2.05) is 17.6 Å². The summed E-state index contributed by atoms with van der Waals surface area (Å²) in [6.07, 6.45) is 5.45. The molecule has 3 heterocycles. The summed E-state index contributed by atoms with van der Waals surface area (Å²) in [5, 5.41) is 6.84. The normalized spacial score (nSPS) is 20.8. The highest BCUT2D eigenvalue weighted by Crippen LogP contribution is 2.33. The van der Waals surface area contributed by atoms with Gasteiger partial charge in [0, 0.05) is 38.6 Å². The predicted molar refractivity (Wildman–Crippen MR) is 95.1 cm³/mol. The van der Waals surface area contributed by atoms with Gasteiger partial charge in [0.1, 0.15) is 10.6 Å². The Balaban J connectivity index is 1.60. The third-order valence-electron chi connectivity index (χ3n) is 5.24. The summed E-state index contributed by atoms with van der Waals surface area (Å²) in [5.41, 5.74) is 1.38. The molecule has 0 radical (unpaired) electrons. The van der Waals surface area contributed by atoms with E-state index in [9.17, 15) is 13.2 Å². The Kier molecular flexibility index (Phi) is 4.15. The fourth-order valence-corrected chi connectivity index (χ4v) is 5.12. The van der Waals surface area contributed by atoms with Crippen LogP contribution in [-0.4, -0.2) is 46.6 Å². The Bertz CT molecular complexity index is 942. The zero-order valence-corrected chi connectivity index (χ0v) is 15.7. The molecule has 2 aromatic heterocycles. The van der Waals surface area contributed by atoms with Gasteiger partial charge in [-0.15, -0.1) is 0 Å². The van der Waals surface area contributed by atoms with Crippen molar-refractivity contribution in [1.29, 1.82) is 0 Å². The van der Waals surface area contributed by atoms with Crippen molar-refractivity contribution in [3.8, 4) is 0 Å². The lowest BCUT2D eigenvalue weighted by Crippen LogP contribution is -2.41. The monoisotopic (exact) mass is 377 g/mol. The maximum absolute atomic E-state index is 13.1. The van der Waals surface area contributed by atoms with Crippen LogP contribution in [0.25, 0.3) is 0 Å². The van der Waals surface area contributed by atoms with Crippen molar-refractivity contribution in [3.05, 3.63) is 35.9 Å². The summed E-state index contributed by atoms with van der Waals surface area (Å²) < 4.78 is 31.3. The highest BCUT2D eigenvalue weighted by atomic mass is 32.2.